The molecule has 6 atom stereocenters. The molecule has 30 heavy (non-hydrogen) atoms. The summed E-state index contributed by atoms with van der Waals surface area (Å²) in [4.78, 5) is 0. The van der Waals surface area contributed by atoms with Crippen LogP contribution in [0, 0.1) is 23.2 Å². The molecule has 3 aliphatic carbocycles. The van der Waals surface area contributed by atoms with E-state index in [1.807, 2.05) is 13.8 Å². The Morgan fingerprint density at radius 2 is 1.97 bits per heavy atom. The number of fused-ring (bicyclic) bond motifs is 1. The van der Waals surface area contributed by atoms with Gasteiger partial charge in [-0.25, -0.2) is 0 Å². The van der Waals surface area contributed by atoms with Crippen molar-refractivity contribution in [2.75, 3.05) is 0 Å². The summed E-state index contributed by atoms with van der Waals surface area (Å²) >= 11 is 0. The van der Waals surface area contributed by atoms with Gasteiger partial charge in [0.25, 0.3) is 0 Å². The number of aliphatic hydroxyl groups is 3. The lowest BCUT2D eigenvalue weighted by Crippen LogP contribution is -2.36. The van der Waals surface area contributed by atoms with Gasteiger partial charge in [0.2, 0.25) is 0 Å². The quantitative estimate of drug-likeness (QED) is 0.520. The Labute approximate surface area is 184 Å². The van der Waals surface area contributed by atoms with Gasteiger partial charge in [-0.05, 0) is 93.1 Å². The maximum atomic E-state index is 10.1. The highest BCUT2D eigenvalue weighted by atomic mass is 16.3. The first-order chi connectivity index (χ1) is 14.0. The summed E-state index contributed by atoms with van der Waals surface area (Å²) in [5.74, 6) is 2.11. The molecule has 0 amide bonds. The SMILES string of the molecule is C=C1/C(=C/C=C2\CCC[C@@]3(C)C2CC[C@@H]3[C@H](C)CCCC(C)(C)O)C[C@@H](O)C[C@@H]1O. The molecule has 0 radical (unpaired) electrons. The van der Waals surface area contributed by atoms with Gasteiger partial charge in [0.1, 0.15) is 0 Å². The summed E-state index contributed by atoms with van der Waals surface area (Å²) in [5, 5.41) is 30.2. The largest absolute Gasteiger partial charge is 0.393 e. The van der Waals surface area contributed by atoms with E-state index in [2.05, 4.69) is 32.6 Å². The van der Waals surface area contributed by atoms with Gasteiger partial charge in [-0.15, -0.1) is 0 Å². The summed E-state index contributed by atoms with van der Waals surface area (Å²) in [6, 6.07) is 0. The van der Waals surface area contributed by atoms with Gasteiger partial charge in [0.15, 0.2) is 0 Å². The first-order valence-electron chi connectivity index (χ1n) is 12.2. The number of allylic oxidation sites excluding steroid dienone is 3. The Hall–Kier alpha value is -0.900. The van der Waals surface area contributed by atoms with Crippen LogP contribution in [0.1, 0.15) is 91.9 Å². The minimum Gasteiger partial charge on any atom is -0.393 e. The van der Waals surface area contributed by atoms with Crippen LogP contribution in [0.3, 0.4) is 0 Å². The van der Waals surface area contributed by atoms with Gasteiger partial charge in [-0.1, -0.05) is 51.0 Å². The zero-order valence-electron chi connectivity index (χ0n) is 19.7. The van der Waals surface area contributed by atoms with Gasteiger partial charge >= 0.3 is 0 Å². The predicted molar refractivity (Wildman–Crippen MR) is 124 cm³/mol. The molecular formula is C27H44O3. The normalized spacial score (nSPS) is 38.8. The molecule has 0 aliphatic heterocycles. The number of aliphatic hydroxyl groups excluding tert-OH is 2. The maximum Gasteiger partial charge on any atom is 0.0811 e. The van der Waals surface area contributed by atoms with E-state index in [4.69, 9.17) is 0 Å². The van der Waals surface area contributed by atoms with Crippen molar-refractivity contribution in [2.45, 2.75) is 110 Å². The van der Waals surface area contributed by atoms with E-state index in [9.17, 15) is 15.3 Å². The summed E-state index contributed by atoms with van der Waals surface area (Å²) in [6.07, 6.45) is 13.9. The monoisotopic (exact) mass is 416 g/mol. The number of hydrogen-bond donors (Lipinski definition) is 3. The van der Waals surface area contributed by atoms with Gasteiger partial charge in [0.05, 0.1) is 17.8 Å². The van der Waals surface area contributed by atoms with Crippen molar-refractivity contribution in [3.63, 3.8) is 0 Å². The van der Waals surface area contributed by atoms with Crippen LogP contribution >= 0.6 is 0 Å². The van der Waals surface area contributed by atoms with Crippen LogP contribution in [0.2, 0.25) is 0 Å². The molecule has 0 bridgehead atoms. The Bertz CT molecular complexity index is 683. The molecule has 3 saturated carbocycles. The average molecular weight is 417 g/mol. The number of hydrogen-bond acceptors (Lipinski definition) is 3. The lowest BCUT2D eigenvalue weighted by Gasteiger charge is -2.44. The Morgan fingerprint density at radius 3 is 2.67 bits per heavy atom. The Kier molecular flexibility index (Phi) is 7.37. The van der Waals surface area contributed by atoms with Crippen molar-refractivity contribution in [1.29, 1.82) is 0 Å². The van der Waals surface area contributed by atoms with Crippen LogP contribution in [0.15, 0.2) is 35.5 Å². The fraction of sp³-hybridized carbons (Fsp3) is 0.778. The van der Waals surface area contributed by atoms with Gasteiger partial charge in [-0.2, -0.15) is 0 Å². The molecule has 0 aromatic heterocycles. The minimum atomic E-state index is -0.615. The second kappa shape index (κ2) is 9.30. The topological polar surface area (TPSA) is 60.7 Å². The summed E-state index contributed by atoms with van der Waals surface area (Å²) in [7, 11) is 0. The van der Waals surface area contributed by atoms with Crippen LogP contribution in [-0.2, 0) is 0 Å². The molecule has 1 unspecified atom stereocenters. The van der Waals surface area contributed by atoms with Gasteiger partial charge in [-0.3, -0.25) is 0 Å². The molecule has 3 N–H and O–H groups in total. The summed E-state index contributed by atoms with van der Waals surface area (Å²) < 4.78 is 0. The summed E-state index contributed by atoms with van der Waals surface area (Å²) in [5.41, 5.74) is 3.17. The van der Waals surface area contributed by atoms with E-state index in [-0.39, 0.29) is 0 Å². The van der Waals surface area contributed by atoms with Gasteiger partial charge < -0.3 is 15.3 Å². The molecule has 0 aromatic rings. The lowest BCUT2D eigenvalue weighted by atomic mass is 9.60. The van der Waals surface area contributed by atoms with Crippen LogP contribution in [0.5, 0.6) is 0 Å². The first-order valence-corrected chi connectivity index (χ1v) is 12.2. The molecule has 3 heteroatoms. The highest BCUT2D eigenvalue weighted by Crippen LogP contribution is 2.60. The Balaban J connectivity index is 1.70. The molecule has 0 heterocycles. The zero-order chi connectivity index (χ0) is 22.1. The van der Waals surface area contributed by atoms with Crippen molar-refractivity contribution < 1.29 is 15.3 Å². The molecule has 3 rings (SSSR count). The van der Waals surface area contributed by atoms with Crippen molar-refractivity contribution >= 4 is 0 Å². The smallest absolute Gasteiger partial charge is 0.0811 e. The molecular weight excluding hydrogens is 372 g/mol. The Morgan fingerprint density at radius 1 is 1.23 bits per heavy atom. The van der Waals surface area contributed by atoms with E-state index < -0.39 is 17.8 Å². The standard InChI is InChI=1S/C27H44O3/c1-18(8-6-14-26(3,4)30)23-12-13-24-20(9-7-15-27(23,24)5)10-11-21-16-22(28)17-25(29)19(21)2/h10-11,18,22-25,28-30H,2,6-9,12-17H2,1,3-5H3/b20-10+,21-11+/t18-,22-,23-,24?,25+,27-/m1/s1. The third-order valence-electron chi connectivity index (χ3n) is 8.44. The van der Waals surface area contributed by atoms with Crippen molar-refractivity contribution in [1.82, 2.24) is 0 Å². The number of rotatable bonds is 6. The van der Waals surface area contributed by atoms with Crippen LogP contribution < -0.4 is 0 Å². The van der Waals surface area contributed by atoms with E-state index in [1.165, 1.54) is 38.5 Å². The zero-order valence-corrected chi connectivity index (χ0v) is 19.7. The van der Waals surface area contributed by atoms with E-state index in [0.717, 1.165) is 29.9 Å². The highest BCUT2D eigenvalue weighted by molar-refractivity contribution is 5.38. The fourth-order valence-electron chi connectivity index (χ4n) is 6.74. The highest BCUT2D eigenvalue weighted by Gasteiger charge is 2.50. The molecule has 0 spiro atoms. The van der Waals surface area contributed by atoms with Gasteiger partial charge in [0, 0.05) is 6.42 Å². The second-order valence-electron chi connectivity index (χ2n) is 11.3. The van der Waals surface area contributed by atoms with E-state index in [0.29, 0.717) is 30.1 Å². The molecule has 3 aliphatic rings. The van der Waals surface area contributed by atoms with E-state index >= 15 is 0 Å². The summed E-state index contributed by atoms with van der Waals surface area (Å²) in [6.45, 7) is 12.8. The second-order valence-corrected chi connectivity index (χ2v) is 11.3. The van der Waals surface area contributed by atoms with Crippen LogP contribution in [-0.4, -0.2) is 33.1 Å². The third kappa shape index (κ3) is 5.29. The molecule has 0 aromatic carbocycles. The molecule has 3 fully saturated rings. The third-order valence-corrected chi connectivity index (χ3v) is 8.44. The first kappa shape index (κ1) is 23.8. The molecule has 3 nitrogen and oxygen atoms in total. The van der Waals surface area contributed by atoms with E-state index in [1.54, 1.807) is 5.57 Å². The average Bonchev–Trinajstić information content (AvgIpc) is 3.00. The van der Waals surface area contributed by atoms with Crippen molar-refractivity contribution in [2.24, 2.45) is 23.2 Å². The molecule has 170 valence electrons. The van der Waals surface area contributed by atoms with Crippen molar-refractivity contribution in [3.05, 3.63) is 35.5 Å². The van der Waals surface area contributed by atoms with Crippen LogP contribution in [0.4, 0.5) is 0 Å². The van der Waals surface area contributed by atoms with Crippen LogP contribution in [0.25, 0.3) is 0 Å². The predicted octanol–water partition coefficient (Wildman–Crippen LogP) is 5.70. The van der Waals surface area contributed by atoms with Crippen molar-refractivity contribution in [3.8, 4) is 0 Å². The lowest BCUT2D eigenvalue weighted by molar-refractivity contribution is 0.0596. The minimum absolute atomic E-state index is 0.374. The molecule has 0 saturated heterocycles. The fourth-order valence-corrected chi connectivity index (χ4v) is 6.74. The maximum absolute atomic E-state index is 10.1.